The quantitative estimate of drug-likeness (QED) is 0.469. The van der Waals surface area contributed by atoms with Gasteiger partial charge in [0.25, 0.3) is 5.91 Å². The summed E-state index contributed by atoms with van der Waals surface area (Å²) in [4.78, 5) is 21.2. The smallest absolute Gasteiger partial charge is 0.254 e. The lowest BCUT2D eigenvalue weighted by Gasteiger charge is -2.57. The molecule has 1 atom stereocenters. The van der Waals surface area contributed by atoms with Gasteiger partial charge in [-0.15, -0.1) is 0 Å². The molecule has 33 heavy (non-hydrogen) atoms. The molecule has 0 saturated heterocycles. The molecule has 2 heterocycles. The zero-order chi connectivity index (χ0) is 22.6. The minimum Gasteiger partial charge on any atom is -0.489 e. The van der Waals surface area contributed by atoms with E-state index in [1.807, 2.05) is 18.2 Å². The molecular formula is C24H30N6O3. The number of benzene rings is 1. The van der Waals surface area contributed by atoms with Gasteiger partial charge < -0.3 is 31.5 Å². The number of hydrogen-bond acceptors (Lipinski definition) is 8. The minimum atomic E-state index is -0.559. The van der Waals surface area contributed by atoms with Gasteiger partial charge in [-0.25, -0.2) is 4.98 Å². The number of primary amides is 1. The topological polar surface area (TPSA) is 134 Å². The van der Waals surface area contributed by atoms with Gasteiger partial charge in [0.15, 0.2) is 0 Å². The summed E-state index contributed by atoms with van der Waals surface area (Å²) in [6.45, 7) is 0.670. The summed E-state index contributed by atoms with van der Waals surface area (Å²) < 4.78 is 5.63. The highest BCUT2D eigenvalue weighted by Crippen LogP contribution is 2.56. The number of nitrogens with two attached hydrogens (primary N) is 1. The number of anilines is 4. The van der Waals surface area contributed by atoms with Crippen LogP contribution < -0.4 is 26.4 Å². The van der Waals surface area contributed by atoms with Gasteiger partial charge in [-0.2, -0.15) is 4.98 Å². The van der Waals surface area contributed by atoms with Crippen LogP contribution in [0.15, 0.2) is 24.4 Å². The molecule has 2 aromatic rings. The number of rotatable bonds is 5. The third-order valence-electron chi connectivity index (χ3n) is 7.67. The van der Waals surface area contributed by atoms with E-state index >= 15 is 0 Å². The number of aliphatic hydroxyl groups excluding tert-OH is 1. The number of fused-ring (bicyclic) bond motifs is 1. The number of aromatic nitrogens is 2. The fourth-order valence-electron chi connectivity index (χ4n) is 6.71. The highest BCUT2D eigenvalue weighted by molar-refractivity contribution is 5.97. The molecule has 4 bridgehead atoms. The Hall–Kier alpha value is -3.07. The van der Waals surface area contributed by atoms with E-state index in [-0.39, 0.29) is 12.1 Å². The Kier molecular flexibility index (Phi) is 4.83. The van der Waals surface area contributed by atoms with E-state index in [4.69, 9.17) is 10.5 Å². The van der Waals surface area contributed by atoms with Crippen LogP contribution in [-0.2, 0) is 0 Å². The molecule has 4 aliphatic carbocycles. The van der Waals surface area contributed by atoms with E-state index in [0.717, 1.165) is 48.4 Å². The van der Waals surface area contributed by atoms with E-state index in [9.17, 15) is 9.90 Å². The Morgan fingerprint density at radius 2 is 1.91 bits per heavy atom. The van der Waals surface area contributed by atoms with E-state index in [2.05, 4.69) is 25.9 Å². The molecule has 5 aliphatic rings. The normalized spacial score (nSPS) is 31.7. The Morgan fingerprint density at radius 3 is 2.61 bits per heavy atom. The van der Waals surface area contributed by atoms with Crippen molar-refractivity contribution in [2.75, 3.05) is 29.1 Å². The van der Waals surface area contributed by atoms with Gasteiger partial charge in [-0.05, 0) is 74.5 Å². The number of ether oxygens (including phenoxy) is 1. The van der Waals surface area contributed by atoms with Gasteiger partial charge in [0.2, 0.25) is 5.95 Å². The maximum atomic E-state index is 12.1. The minimum absolute atomic E-state index is 0.00324. The average Bonchev–Trinajstić information content (AvgIpc) is 2.94. The first-order chi connectivity index (χ1) is 15.9. The summed E-state index contributed by atoms with van der Waals surface area (Å²) in [6.07, 6.45) is 8.36. The van der Waals surface area contributed by atoms with Crippen molar-refractivity contribution in [1.29, 1.82) is 0 Å². The summed E-state index contributed by atoms with van der Waals surface area (Å²) in [5.74, 6) is 3.38. The van der Waals surface area contributed by atoms with Crippen LogP contribution >= 0.6 is 0 Å². The van der Waals surface area contributed by atoms with Crippen molar-refractivity contribution >= 4 is 29.0 Å². The van der Waals surface area contributed by atoms with Gasteiger partial charge in [-0.3, -0.25) is 4.79 Å². The van der Waals surface area contributed by atoms with E-state index < -0.39 is 12.0 Å². The average molecular weight is 451 g/mol. The summed E-state index contributed by atoms with van der Waals surface area (Å²) in [6, 6.07) is 5.61. The number of carbonyl (C=O) groups excluding carboxylic acids is 1. The molecular weight excluding hydrogens is 420 g/mol. The molecule has 1 amide bonds. The molecule has 4 fully saturated rings. The number of nitrogens with zero attached hydrogens (tertiary/aromatic N) is 2. The Balaban J connectivity index is 1.26. The Bertz CT molecular complexity index is 1050. The van der Waals surface area contributed by atoms with E-state index in [1.54, 1.807) is 0 Å². The summed E-state index contributed by atoms with van der Waals surface area (Å²) in [5.41, 5.74) is 7.54. The molecule has 174 valence electrons. The molecule has 1 aromatic carbocycles. The molecule has 6 N–H and O–H groups in total. The summed E-state index contributed by atoms with van der Waals surface area (Å²) in [7, 11) is 0. The zero-order valence-corrected chi connectivity index (χ0v) is 18.5. The predicted molar refractivity (Wildman–Crippen MR) is 125 cm³/mol. The van der Waals surface area contributed by atoms with Crippen molar-refractivity contribution in [2.24, 2.45) is 23.5 Å². The molecule has 0 radical (unpaired) electrons. The van der Waals surface area contributed by atoms with Crippen LogP contribution in [0.25, 0.3) is 0 Å². The zero-order valence-electron chi connectivity index (χ0n) is 18.5. The molecule has 1 aromatic heterocycles. The lowest BCUT2D eigenvalue weighted by atomic mass is 9.53. The van der Waals surface area contributed by atoms with Crippen LogP contribution in [0, 0.1) is 17.8 Å². The lowest BCUT2D eigenvalue weighted by Crippen LogP contribution is -2.55. The number of aliphatic hydroxyl groups is 1. The van der Waals surface area contributed by atoms with Crippen LogP contribution in [0.1, 0.15) is 48.9 Å². The van der Waals surface area contributed by atoms with Crippen LogP contribution in [0.4, 0.5) is 23.1 Å². The molecule has 9 nitrogen and oxygen atoms in total. The molecule has 1 aliphatic heterocycles. The lowest BCUT2D eigenvalue weighted by molar-refractivity contribution is 0.0105. The second-order valence-corrected chi connectivity index (χ2v) is 10.3. The maximum Gasteiger partial charge on any atom is 0.254 e. The van der Waals surface area contributed by atoms with Crippen molar-refractivity contribution in [3.63, 3.8) is 0 Å². The first-order valence-electron chi connectivity index (χ1n) is 11.9. The fraction of sp³-hybridized carbons (Fsp3) is 0.542. The third-order valence-corrected chi connectivity index (χ3v) is 7.67. The van der Waals surface area contributed by atoms with Gasteiger partial charge in [-0.1, -0.05) is 0 Å². The van der Waals surface area contributed by atoms with Gasteiger partial charge >= 0.3 is 0 Å². The number of amides is 1. The number of carbonyl (C=O) groups is 1. The largest absolute Gasteiger partial charge is 0.489 e. The number of β-amino-alcohol motifs (C(OH)–C–C–N with tert-alkyl or cyclic N) is 1. The maximum absolute atomic E-state index is 12.1. The monoisotopic (exact) mass is 450 g/mol. The summed E-state index contributed by atoms with van der Waals surface area (Å²) in [5, 5.41) is 19.9. The molecule has 7 rings (SSSR count). The third kappa shape index (κ3) is 3.94. The molecule has 0 unspecified atom stereocenters. The second kappa shape index (κ2) is 7.76. The van der Waals surface area contributed by atoms with Gasteiger partial charge in [0, 0.05) is 24.0 Å². The summed E-state index contributed by atoms with van der Waals surface area (Å²) >= 11 is 0. The Labute approximate surface area is 192 Å². The standard InChI is InChI=1S/C24H30N6O3/c25-21(32)18-11-27-23(28-16-1-2-20-19(6-16)26-10-17(31)12-33-20)29-22(18)30-24-7-13-3-14(8-24)5-15(4-13)9-24/h1-2,6,11,13-15,17,26,31H,3-5,7-10,12H2,(H2,25,32)(H2,27,28,29,30)/t13?,14?,15?,17-,24?/m0/s1. The van der Waals surface area contributed by atoms with E-state index in [0.29, 0.717) is 29.6 Å². The van der Waals surface area contributed by atoms with Crippen LogP contribution in [-0.4, -0.2) is 45.8 Å². The second-order valence-electron chi connectivity index (χ2n) is 10.3. The van der Waals surface area contributed by atoms with E-state index in [1.165, 1.54) is 25.5 Å². The Morgan fingerprint density at radius 1 is 1.18 bits per heavy atom. The van der Waals surface area contributed by atoms with Crippen LogP contribution in [0.5, 0.6) is 5.75 Å². The van der Waals surface area contributed by atoms with Crippen molar-refractivity contribution in [1.82, 2.24) is 9.97 Å². The number of hydrogen-bond donors (Lipinski definition) is 5. The van der Waals surface area contributed by atoms with Crippen LogP contribution in [0.3, 0.4) is 0 Å². The highest BCUT2D eigenvalue weighted by Gasteiger charge is 2.51. The highest BCUT2D eigenvalue weighted by atomic mass is 16.5. The number of nitrogens with one attached hydrogen (secondary N) is 3. The molecule has 0 spiro atoms. The first-order valence-corrected chi connectivity index (χ1v) is 11.9. The first kappa shape index (κ1) is 20.5. The van der Waals surface area contributed by atoms with Crippen molar-refractivity contribution in [2.45, 2.75) is 50.2 Å². The van der Waals surface area contributed by atoms with Gasteiger partial charge in [0.05, 0.1) is 11.3 Å². The van der Waals surface area contributed by atoms with Gasteiger partial charge in [0.1, 0.15) is 24.3 Å². The van der Waals surface area contributed by atoms with Crippen molar-refractivity contribution in [3.8, 4) is 5.75 Å². The van der Waals surface area contributed by atoms with Crippen molar-refractivity contribution < 1.29 is 14.6 Å². The fourth-order valence-corrected chi connectivity index (χ4v) is 6.71. The molecule has 4 saturated carbocycles. The van der Waals surface area contributed by atoms with Crippen molar-refractivity contribution in [3.05, 3.63) is 30.0 Å². The predicted octanol–water partition coefficient (Wildman–Crippen LogP) is 2.87. The SMILES string of the molecule is NC(=O)c1cnc(Nc2ccc3c(c2)NC[C@H](O)CO3)nc1NC12CC3CC(CC(C3)C1)C2. The molecule has 9 heteroatoms. The van der Waals surface area contributed by atoms with Crippen LogP contribution in [0.2, 0.25) is 0 Å².